The highest BCUT2D eigenvalue weighted by Crippen LogP contribution is 2.08. The molecule has 0 amide bonds. The highest BCUT2D eigenvalue weighted by Gasteiger charge is 2.19. The molecule has 1 heterocycles. The van der Waals surface area contributed by atoms with Crippen LogP contribution in [-0.4, -0.2) is 63.2 Å². The quantitative estimate of drug-likeness (QED) is 0.679. The summed E-state index contributed by atoms with van der Waals surface area (Å²) in [6, 6.07) is 0.736. The molecule has 1 saturated heterocycles. The molecule has 1 fully saturated rings. The molecule has 0 aliphatic carbocycles. The minimum atomic E-state index is 0.736. The number of nitrogens with one attached hydrogen (secondary N) is 1. The van der Waals surface area contributed by atoms with Gasteiger partial charge in [-0.25, -0.2) is 0 Å². The lowest BCUT2D eigenvalue weighted by Gasteiger charge is -2.27. The fraction of sp³-hybridized carbons (Fsp3) is 1.00. The van der Waals surface area contributed by atoms with E-state index in [0.717, 1.165) is 12.6 Å². The number of hydrogen-bond donors (Lipinski definition) is 1. The van der Waals surface area contributed by atoms with Crippen LogP contribution < -0.4 is 5.32 Å². The standard InChI is InChI=1S/C10H23N3/c1-11-6-5-10-9-12(2)7-4-8-13(10)3/h10-11H,4-9H2,1-3H3. The zero-order valence-corrected chi connectivity index (χ0v) is 9.21. The van der Waals surface area contributed by atoms with E-state index in [2.05, 4.69) is 29.2 Å². The van der Waals surface area contributed by atoms with Gasteiger partial charge >= 0.3 is 0 Å². The zero-order chi connectivity index (χ0) is 9.68. The maximum absolute atomic E-state index is 3.23. The first-order valence-electron chi connectivity index (χ1n) is 5.27. The molecule has 1 rings (SSSR count). The lowest BCUT2D eigenvalue weighted by Crippen LogP contribution is -2.39. The van der Waals surface area contributed by atoms with Crippen LogP contribution in [0.4, 0.5) is 0 Å². The van der Waals surface area contributed by atoms with Crippen LogP contribution in [0.1, 0.15) is 12.8 Å². The van der Waals surface area contributed by atoms with Crippen molar-refractivity contribution in [1.82, 2.24) is 15.1 Å². The van der Waals surface area contributed by atoms with Gasteiger partial charge in [0.15, 0.2) is 0 Å². The van der Waals surface area contributed by atoms with E-state index in [9.17, 15) is 0 Å². The van der Waals surface area contributed by atoms with Gasteiger partial charge in [0.25, 0.3) is 0 Å². The Morgan fingerprint density at radius 3 is 2.77 bits per heavy atom. The van der Waals surface area contributed by atoms with Crippen molar-refractivity contribution in [3.05, 3.63) is 0 Å². The van der Waals surface area contributed by atoms with E-state index in [-0.39, 0.29) is 0 Å². The molecule has 0 aromatic rings. The Balaban J connectivity index is 2.37. The van der Waals surface area contributed by atoms with E-state index in [1.807, 2.05) is 7.05 Å². The van der Waals surface area contributed by atoms with Crippen LogP contribution in [-0.2, 0) is 0 Å². The summed E-state index contributed by atoms with van der Waals surface area (Å²) in [4.78, 5) is 4.95. The van der Waals surface area contributed by atoms with Gasteiger partial charge in [-0.05, 0) is 53.6 Å². The lowest BCUT2D eigenvalue weighted by molar-refractivity contribution is 0.214. The second-order valence-electron chi connectivity index (χ2n) is 4.14. The Morgan fingerprint density at radius 1 is 1.31 bits per heavy atom. The van der Waals surface area contributed by atoms with Crippen molar-refractivity contribution in [2.24, 2.45) is 0 Å². The van der Waals surface area contributed by atoms with E-state index in [1.165, 1.54) is 32.5 Å². The normalized spacial score (nSPS) is 27.5. The molecule has 0 spiro atoms. The first-order valence-corrected chi connectivity index (χ1v) is 5.27. The van der Waals surface area contributed by atoms with E-state index in [4.69, 9.17) is 0 Å². The Morgan fingerprint density at radius 2 is 2.08 bits per heavy atom. The highest BCUT2D eigenvalue weighted by atomic mass is 15.2. The SMILES string of the molecule is CNCCC1CN(C)CCCN1C. The summed E-state index contributed by atoms with van der Waals surface area (Å²) < 4.78 is 0. The topological polar surface area (TPSA) is 18.5 Å². The summed E-state index contributed by atoms with van der Waals surface area (Å²) in [6.07, 6.45) is 2.57. The third-order valence-corrected chi connectivity index (χ3v) is 2.92. The van der Waals surface area contributed by atoms with Gasteiger partial charge in [-0.2, -0.15) is 0 Å². The Labute approximate surface area is 82.1 Å². The molecule has 3 heteroatoms. The molecule has 3 nitrogen and oxygen atoms in total. The van der Waals surface area contributed by atoms with E-state index in [1.54, 1.807) is 0 Å². The molecule has 1 atom stereocenters. The number of nitrogens with zero attached hydrogens (tertiary/aromatic N) is 2. The zero-order valence-electron chi connectivity index (χ0n) is 9.21. The average Bonchev–Trinajstić information content (AvgIpc) is 2.25. The van der Waals surface area contributed by atoms with Crippen molar-refractivity contribution in [2.45, 2.75) is 18.9 Å². The van der Waals surface area contributed by atoms with E-state index >= 15 is 0 Å². The maximum Gasteiger partial charge on any atom is 0.0232 e. The maximum atomic E-state index is 3.23. The van der Waals surface area contributed by atoms with E-state index in [0.29, 0.717) is 0 Å². The summed E-state index contributed by atoms with van der Waals surface area (Å²) in [7, 11) is 6.51. The summed E-state index contributed by atoms with van der Waals surface area (Å²) in [5.74, 6) is 0. The number of rotatable bonds is 3. The molecule has 0 aromatic carbocycles. The van der Waals surface area contributed by atoms with Crippen LogP contribution in [0.2, 0.25) is 0 Å². The van der Waals surface area contributed by atoms with Crippen LogP contribution >= 0.6 is 0 Å². The summed E-state index contributed by atoms with van der Waals surface area (Å²) in [5.41, 5.74) is 0. The third-order valence-electron chi connectivity index (χ3n) is 2.92. The van der Waals surface area contributed by atoms with Gasteiger partial charge in [-0.3, -0.25) is 0 Å². The van der Waals surface area contributed by atoms with Gasteiger partial charge in [0.1, 0.15) is 0 Å². The van der Waals surface area contributed by atoms with Gasteiger partial charge < -0.3 is 15.1 Å². The molecule has 0 bridgehead atoms. The van der Waals surface area contributed by atoms with Crippen LogP contribution in [0.15, 0.2) is 0 Å². The Bertz CT molecular complexity index is 138. The molecule has 0 radical (unpaired) electrons. The van der Waals surface area contributed by atoms with Gasteiger partial charge in [-0.15, -0.1) is 0 Å². The Hall–Kier alpha value is -0.120. The summed E-state index contributed by atoms with van der Waals surface area (Å²) in [6.45, 7) is 4.85. The third kappa shape index (κ3) is 3.63. The van der Waals surface area contributed by atoms with Crippen molar-refractivity contribution in [3.63, 3.8) is 0 Å². The number of likely N-dealkylation sites (N-methyl/N-ethyl adjacent to an activating group) is 2. The predicted molar refractivity (Wildman–Crippen MR) is 57.1 cm³/mol. The molecule has 1 aliphatic heterocycles. The fourth-order valence-corrected chi connectivity index (χ4v) is 1.99. The minimum Gasteiger partial charge on any atom is -0.320 e. The van der Waals surface area contributed by atoms with Gasteiger partial charge in [-0.1, -0.05) is 0 Å². The lowest BCUT2D eigenvalue weighted by atomic mass is 10.2. The summed E-state index contributed by atoms with van der Waals surface area (Å²) >= 11 is 0. The second kappa shape index (κ2) is 5.58. The Kier molecular flexibility index (Phi) is 4.70. The van der Waals surface area contributed by atoms with Gasteiger partial charge in [0.05, 0.1) is 0 Å². The average molecular weight is 185 g/mol. The van der Waals surface area contributed by atoms with E-state index < -0.39 is 0 Å². The smallest absolute Gasteiger partial charge is 0.0232 e. The summed E-state index contributed by atoms with van der Waals surface area (Å²) in [5, 5.41) is 3.23. The first-order chi connectivity index (χ1) is 6.24. The largest absolute Gasteiger partial charge is 0.320 e. The van der Waals surface area contributed by atoms with Crippen molar-refractivity contribution in [1.29, 1.82) is 0 Å². The van der Waals surface area contributed by atoms with Crippen molar-refractivity contribution < 1.29 is 0 Å². The van der Waals surface area contributed by atoms with Crippen LogP contribution in [0, 0.1) is 0 Å². The van der Waals surface area contributed by atoms with Crippen LogP contribution in [0.5, 0.6) is 0 Å². The van der Waals surface area contributed by atoms with Crippen molar-refractivity contribution in [3.8, 4) is 0 Å². The highest BCUT2D eigenvalue weighted by molar-refractivity contribution is 4.76. The molecule has 78 valence electrons. The monoisotopic (exact) mass is 185 g/mol. The van der Waals surface area contributed by atoms with Crippen molar-refractivity contribution in [2.75, 3.05) is 47.3 Å². The molecule has 1 N–H and O–H groups in total. The molecule has 1 aliphatic rings. The van der Waals surface area contributed by atoms with Crippen LogP contribution in [0.3, 0.4) is 0 Å². The molecule has 1 unspecified atom stereocenters. The first kappa shape index (κ1) is 11.0. The molecule has 13 heavy (non-hydrogen) atoms. The molecular formula is C10H23N3. The minimum absolute atomic E-state index is 0.736. The second-order valence-corrected chi connectivity index (χ2v) is 4.14. The van der Waals surface area contributed by atoms with Crippen molar-refractivity contribution >= 4 is 0 Å². The number of hydrogen-bond acceptors (Lipinski definition) is 3. The van der Waals surface area contributed by atoms with Gasteiger partial charge in [0, 0.05) is 12.6 Å². The van der Waals surface area contributed by atoms with Gasteiger partial charge in [0.2, 0.25) is 0 Å². The molecular weight excluding hydrogens is 162 g/mol. The van der Waals surface area contributed by atoms with Crippen LogP contribution in [0.25, 0.3) is 0 Å². The molecule has 0 aromatic heterocycles. The predicted octanol–water partition coefficient (Wildman–Crippen LogP) is 0.232. The fourth-order valence-electron chi connectivity index (χ4n) is 1.99. The molecule has 0 saturated carbocycles.